The number of benzene rings is 1. The van der Waals surface area contributed by atoms with Crippen LogP contribution in [0, 0.1) is 0 Å². The Kier molecular flexibility index (Phi) is 6.36. The van der Waals surface area contributed by atoms with Crippen LogP contribution in [0.15, 0.2) is 24.3 Å². The number of phenolic OH excluding ortho intramolecular Hbond substituents is 1. The van der Waals surface area contributed by atoms with Crippen molar-refractivity contribution in [2.75, 3.05) is 7.11 Å². The number of carbonyl (C=O) groups is 1. The van der Waals surface area contributed by atoms with Crippen LogP contribution < -0.4 is 5.32 Å². The van der Waals surface area contributed by atoms with E-state index in [2.05, 4.69) is 12.2 Å². The molecule has 0 amide bonds. The number of carbonyl (C=O) groups excluding carboxylic acids is 1. The highest BCUT2D eigenvalue weighted by Gasteiger charge is 2.18. The molecule has 106 valence electrons. The van der Waals surface area contributed by atoms with Crippen molar-refractivity contribution in [3.8, 4) is 5.75 Å². The van der Waals surface area contributed by atoms with E-state index in [9.17, 15) is 9.90 Å². The molecule has 1 aromatic rings. The molecule has 4 nitrogen and oxygen atoms in total. The van der Waals surface area contributed by atoms with E-state index in [1.165, 1.54) is 12.7 Å². The van der Waals surface area contributed by atoms with Crippen LogP contribution in [-0.2, 0) is 16.0 Å². The van der Waals surface area contributed by atoms with Gasteiger partial charge in [-0.05, 0) is 43.9 Å². The van der Waals surface area contributed by atoms with Gasteiger partial charge in [-0.1, -0.05) is 19.1 Å². The molecule has 0 heterocycles. The van der Waals surface area contributed by atoms with Gasteiger partial charge in [0.1, 0.15) is 11.8 Å². The van der Waals surface area contributed by atoms with Gasteiger partial charge in [0.05, 0.1) is 7.11 Å². The first-order chi connectivity index (χ1) is 9.06. The number of ether oxygens (including phenoxy) is 1. The van der Waals surface area contributed by atoms with Gasteiger partial charge in [-0.3, -0.25) is 4.79 Å². The number of esters is 1. The second kappa shape index (κ2) is 7.79. The lowest BCUT2D eigenvalue weighted by atomic mass is 10.0. The Hall–Kier alpha value is -1.55. The number of aryl methyl sites for hydroxylation is 1. The quantitative estimate of drug-likeness (QED) is 0.742. The lowest BCUT2D eigenvalue weighted by Gasteiger charge is -2.20. The van der Waals surface area contributed by atoms with Gasteiger partial charge in [-0.15, -0.1) is 0 Å². The molecule has 0 aromatic heterocycles. The molecule has 0 fully saturated rings. The molecule has 0 saturated heterocycles. The van der Waals surface area contributed by atoms with Crippen molar-refractivity contribution < 1.29 is 14.6 Å². The molecule has 0 aliphatic carbocycles. The highest BCUT2D eigenvalue weighted by molar-refractivity contribution is 5.75. The molecule has 0 bridgehead atoms. The monoisotopic (exact) mass is 265 g/mol. The molecular formula is C15H23NO3. The standard InChI is InChI=1S/C15H23NO3/c1-4-14(15(18)19-3)16-11(2)5-6-12-7-9-13(17)10-8-12/h7-11,14,16-17H,4-6H2,1-3H3. The SMILES string of the molecule is CCC(NC(C)CCc1ccc(O)cc1)C(=O)OC. The van der Waals surface area contributed by atoms with Crippen LogP contribution in [0.2, 0.25) is 0 Å². The summed E-state index contributed by atoms with van der Waals surface area (Å²) in [6.45, 7) is 4.02. The van der Waals surface area contributed by atoms with Crippen LogP contribution in [0.3, 0.4) is 0 Å². The Morgan fingerprint density at radius 1 is 1.37 bits per heavy atom. The number of rotatable bonds is 7. The molecule has 0 spiro atoms. The summed E-state index contributed by atoms with van der Waals surface area (Å²) >= 11 is 0. The fourth-order valence-electron chi connectivity index (χ4n) is 1.97. The second-order valence-corrected chi connectivity index (χ2v) is 4.76. The van der Waals surface area contributed by atoms with E-state index < -0.39 is 0 Å². The third-order valence-electron chi connectivity index (χ3n) is 3.18. The minimum atomic E-state index is -0.236. The summed E-state index contributed by atoms with van der Waals surface area (Å²) in [6, 6.07) is 7.21. The minimum absolute atomic E-state index is 0.209. The maximum absolute atomic E-state index is 11.5. The zero-order valence-corrected chi connectivity index (χ0v) is 11.8. The third kappa shape index (κ3) is 5.30. The summed E-state index contributed by atoms with van der Waals surface area (Å²) < 4.78 is 4.75. The maximum Gasteiger partial charge on any atom is 0.322 e. The van der Waals surface area contributed by atoms with Crippen LogP contribution in [0.25, 0.3) is 0 Å². The van der Waals surface area contributed by atoms with Crippen LogP contribution >= 0.6 is 0 Å². The highest BCUT2D eigenvalue weighted by Crippen LogP contribution is 2.12. The van der Waals surface area contributed by atoms with Crippen molar-refractivity contribution in [3.05, 3.63) is 29.8 Å². The van der Waals surface area contributed by atoms with Crippen LogP contribution in [0.5, 0.6) is 5.75 Å². The summed E-state index contributed by atoms with van der Waals surface area (Å²) in [4.78, 5) is 11.5. The molecule has 1 rings (SSSR count). The Labute approximate surface area is 114 Å². The molecule has 0 aliphatic heterocycles. The van der Waals surface area contributed by atoms with E-state index >= 15 is 0 Å². The molecule has 0 radical (unpaired) electrons. The summed E-state index contributed by atoms with van der Waals surface area (Å²) in [6.07, 6.45) is 2.56. The number of aromatic hydroxyl groups is 1. The lowest BCUT2D eigenvalue weighted by Crippen LogP contribution is -2.42. The van der Waals surface area contributed by atoms with E-state index in [1.54, 1.807) is 12.1 Å². The van der Waals surface area contributed by atoms with Crippen LogP contribution in [0.1, 0.15) is 32.3 Å². The van der Waals surface area contributed by atoms with Gasteiger partial charge >= 0.3 is 5.97 Å². The van der Waals surface area contributed by atoms with Gasteiger partial charge in [0.2, 0.25) is 0 Å². The summed E-state index contributed by atoms with van der Waals surface area (Å²) in [7, 11) is 1.41. The first kappa shape index (κ1) is 15.5. The molecule has 0 aliphatic rings. The van der Waals surface area contributed by atoms with Crippen molar-refractivity contribution in [3.63, 3.8) is 0 Å². The Bertz CT molecular complexity index is 389. The number of hydrogen-bond donors (Lipinski definition) is 2. The van der Waals surface area contributed by atoms with Gasteiger partial charge in [-0.25, -0.2) is 0 Å². The largest absolute Gasteiger partial charge is 0.508 e. The van der Waals surface area contributed by atoms with Gasteiger partial charge in [0, 0.05) is 6.04 Å². The fraction of sp³-hybridized carbons (Fsp3) is 0.533. The number of nitrogens with one attached hydrogen (secondary N) is 1. The van der Waals surface area contributed by atoms with E-state index in [-0.39, 0.29) is 23.8 Å². The molecule has 2 atom stereocenters. The first-order valence-corrected chi connectivity index (χ1v) is 6.68. The fourth-order valence-corrected chi connectivity index (χ4v) is 1.97. The van der Waals surface area contributed by atoms with E-state index in [1.807, 2.05) is 19.1 Å². The summed E-state index contributed by atoms with van der Waals surface area (Å²) in [5.74, 6) is 0.0747. The Morgan fingerprint density at radius 3 is 2.53 bits per heavy atom. The number of phenols is 1. The van der Waals surface area contributed by atoms with Gasteiger partial charge in [-0.2, -0.15) is 0 Å². The summed E-state index contributed by atoms with van der Waals surface area (Å²) in [5.41, 5.74) is 1.18. The molecule has 0 saturated carbocycles. The normalized spacial score (nSPS) is 13.8. The third-order valence-corrected chi connectivity index (χ3v) is 3.18. The Morgan fingerprint density at radius 2 is 2.00 bits per heavy atom. The van der Waals surface area contributed by atoms with Crippen molar-refractivity contribution in [1.29, 1.82) is 0 Å². The van der Waals surface area contributed by atoms with Crippen molar-refractivity contribution in [2.24, 2.45) is 0 Å². The smallest absolute Gasteiger partial charge is 0.322 e. The molecular weight excluding hydrogens is 242 g/mol. The van der Waals surface area contributed by atoms with Gasteiger partial charge in [0.25, 0.3) is 0 Å². The average molecular weight is 265 g/mol. The minimum Gasteiger partial charge on any atom is -0.508 e. The molecule has 2 N–H and O–H groups in total. The topological polar surface area (TPSA) is 58.6 Å². The predicted octanol–water partition coefficient (Wildman–Crippen LogP) is 2.25. The average Bonchev–Trinajstić information content (AvgIpc) is 2.43. The van der Waals surface area contributed by atoms with E-state index in [0.717, 1.165) is 19.3 Å². The van der Waals surface area contributed by atoms with Crippen LogP contribution in [-0.4, -0.2) is 30.3 Å². The molecule has 2 unspecified atom stereocenters. The molecule has 19 heavy (non-hydrogen) atoms. The van der Waals surface area contributed by atoms with E-state index in [0.29, 0.717) is 0 Å². The zero-order chi connectivity index (χ0) is 14.3. The second-order valence-electron chi connectivity index (χ2n) is 4.76. The van der Waals surface area contributed by atoms with E-state index in [4.69, 9.17) is 4.74 Å². The zero-order valence-electron chi connectivity index (χ0n) is 11.8. The van der Waals surface area contributed by atoms with Crippen LogP contribution in [0.4, 0.5) is 0 Å². The highest BCUT2D eigenvalue weighted by atomic mass is 16.5. The van der Waals surface area contributed by atoms with Crippen molar-refractivity contribution in [2.45, 2.75) is 45.2 Å². The predicted molar refractivity (Wildman–Crippen MR) is 75.1 cm³/mol. The Balaban J connectivity index is 2.40. The maximum atomic E-state index is 11.5. The van der Waals surface area contributed by atoms with Gasteiger partial charge in [0.15, 0.2) is 0 Å². The number of methoxy groups -OCH3 is 1. The number of hydrogen-bond acceptors (Lipinski definition) is 4. The lowest BCUT2D eigenvalue weighted by molar-refractivity contribution is -0.143. The van der Waals surface area contributed by atoms with Gasteiger partial charge < -0.3 is 15.2 Å². The van der Waals surface area contributed by atoms with Crippen molar-refractivity contribution in [1.82, 2.24) is 5.32 Å². The first-order valence-electron chi connectivity index (χ1n) is 6.68. The van der Waals surface area contributed by atoms with Crippen molar-refractivity contribution >= 4 is 5.97 Å². The summed E-state index contributed by atoms with van der Waals surface area (Å²) in [5, 5.41) is 12.5. The molecule has 4 heteroatoms. The molecule has 1 aromatic carbocycles.